The van der Waals surface area contributed by atoms with E-state index < -0.39 is 0 Å². The van der Waals surface area contributed by atoms with Crippen molar-refractivity contribution in [2.45, 2.75) is 6.42 Å². The molecule has 0 aliphatic rings. The molecule has 0 spiro atoms. The normalized spacial score (nSPS) is 10.7. The number of H-pyrrole nitrogens is 1. The molecule has 0 bridgehead atoms. The van der Waals surface area contributed by atoms with Gasteiger partial charge in [0, 0.05) is 44.3 Å². The number of hydrogen-bond donors (Lipinski definition) is 2. The summed E-state index contributed by atoms with van der Waals surface area (Å²) < 4.78 is 0. The van der Waals surface area contributed by atoms with Gasteiger partial charge < -0.3 is 15.2 Å². The summed E-state index contributed by atoms with van der Waals surface area (Å²) in [6, 6.07) is 13.5. The highest BCUT2D eigenvalue weighted by atomic mass is 16.1. The summed E-state index contributed by atoms with van der Waals surface area (Å²) in [6.07, 6.45) is 2.67. The van der Waals surface area contributed by atoms with E-state index >= 15 is 0 Å². The van der Waals surface area contributed by atoms with Gasteiger partial charge in [-0.15, -0.1) is 0 Å². The maximum atomic E-state index is 12.6. The number of nitrogens with one attached hydrogen (secondary N) is 2. The van der Waals surface area contributed by atoms with Gasteiger partial charge in [0.15, 0.2) is 0 Å². The number of para-hydroxylation sites is 1. The van der Waals surface area contributed by atoms with Gasteiger partial charge in [0.2, 0.25) is 0 Å². The second-order valence-corrected chi connectivity index (χ2v) is 5.64. The molecule has 2 N–H and O–H groups in total. The number of nitrogens with zero attached hydrogens (tertiary/aromatic N) is 2. The van der Waals surface area contributed by atoms with Gasteiger partial charge in [-0.3, -0.25) is 4.79 Å². The monoisotopic (exact) mass is 308 g/mol. The largest absolute Gasteiger partial charge is 0.365 e. The van der Waals surface area contributed by atoms with E-state index in [9.17, 15) is 4.79 Å². The average molecular weight is 308 g/mol. The number of fused-ring (bicyclic) bond motifs is 1. The first-order chi connectivity index (χ1) is 11.1. The van der Waals surface area contributed by atoms with Gasteiger partial charge in [0.25, 0.3) is 5.91 Å². The number of benzene rings is 1. The van der Waals surface area contributed by atoms with Gasteiger partial charge >= 0.3 is 0 Å². The van der Waals surface area contributed by atoms with E-state index in [2.05, 4.69) is 15.3 Å². The third kappa shape index (κ3) is 3.34. The van der Waals surface area contributed by atoms with Crippen molar-refractivity contribution < 1.29 is 4.79 Å². The number of aromatic nitrogens is 2. The lowest BCUT2D eigenvalue weighted by molar-refractivity contribution is 0.0955. The molecule has 1 amide bonds. The topological polar surface area (TPSA) is 61.0 Å². The number of aromatic amines is 1. The Hall–Kier alpha value is -2.82. The number of amides is 1. The van der Waals surface area contributed by atoms with Crippen LogP contribution in [0.15, 0.2) is 48.7 Å². The van der Waals surface area contributed by atoms with Crippen LogP contribution >= 0.6 is 0 Å². The third-order valence-electron chi connectivity index (χ3n) is 3.75. The molecule has 5 heteroatoms. The lowest BCUT2D eigenvalue weighted by Gasteiger charge is -2.15. The van der Waals surface area contributed by atoms with Crippen molar-refractivity contribution in [2.75, 3.05) is 25.5 Å². The van der Waals surface area contributed by atoms with Gasteiger partial charge in [-0.2, -0.15) is 0 Å². The first-order valence-electron chi connectivity index (χ1n) is 7.63. The first-order valence-corrected chi connectivity index (χ1v) is 7.63. The molecule has 0 radical (unpaired) electrons. The van der Waals surface area contributed by atoms with Crippen LogP contribution in [0.3, 0.4) is 0 Å². The zero-order valence-electron chi connectivity index (χ0n) is 13.3. The Morgan fingerprint density at radius 2 is 2.04 bits per heavy atom. The molecular weight excluding hydrogens is 288 g/mol. The quantitative estimate of drug-likeness (QED) is 0.761. The zero-order valence-corrected chi connectivity index (χ0v) is 13.3. The molecule has 2 aromatic heterocycles. The summed E-state index contributed by atoms with van der Waals surface area (Å²) in [7, 11) is 3.84. The van der Waals surface area contributed by atoms with Crippen LogP contribution in [0.4, 0.5) is 5.82 Å². The lowest BCUT2D eigenvalue weighted by Crippen LogP contribution is -2.26. The smallest absolute Gasteiger partial charge is 0.252 e. The Labute approximate surface area is 135 Å². The van der Waals surface area contributed by atoms with Crippen LogP contribution in [0, 0.1) is 0 Å². The standard InChI is InChI=1S/C18H20N4O/c1-22(2)17-12-15(14-7-3-4-8-16(14)21-17)18(23)20-11-9-13-6-5-10-19-13/h3-8,10,12,19H,9,11H2,1-2H3,(H,20,23). The zero-order chi connectivity index (χ0) is 16.2. The summed E-state index contributed by atoms with van der Waals surface area (Å²) in [5, 5.41) is 3.86. The van der Waals surface area contributed by atoms with Gasteiger partial charge in [0.05, 0.1) is 11.1 Å². The second-order valence-electron chi connectivity index (χ2n) is 5.64. The molecule has 0 aliphatic heterocycles. The molecule has 118 valence electrons. The van der Waals surface area contributed by atoms with Crippen LogP contribution in [-0.4, -0.2) is 36.5 Å². The van der Waals surface area contributed by atoms with E-state index in [1.807, 2.05) is 67.7 Å². The Balaban J connectivity index is 1.83. The molecule has 0 atom stereocenters. The van der Waals surface area contributed by atoms with E-state index in [0.717, 1.165) is 28.8 Å². The minimum atomic E-state index is -0.0711. The molecule has 2 heterocycles. The molecule has 0 saturated carbocycles. The highest BCUT2D eigenvalue weighted by molar-refractivity contribution is 6.07. The van der Waals surface area contributed by atoms with Gasteiger partial charge in [-0.05, 0) is 24.3 Å². The minimum Gasteiger partial charge on any atom is -0.365 e. The first kappa shape index (κ1) is 15.1. The number of pyridine rings is 1. The number of carbonyl (C=O) groups excluding carboxylic acids is 1. The van der Waals surface area contributed by atoms with Crippen LogP contribution < -0.4 is 10.2 Å². The Kier molecular flexibility index (Phi) is 4.28. The van der Waals surface area contributed by atoms with E-state index in [0.29, 0.717) is 12.1 Å². The predicted molar refractivity (Wildman–Crippen MR) is 92.9 cm³/mol. The van der Waals surface area contributed by atoms with E-state index in [1.54, 1.807) is 0 Å². The molecule has 3 aromatic rings. The van der Waals surface area contributed by atoms with Crippen LogP contribution in [0.5, 0.6) is 0 Å². The third-order valence-corrected chi connectivity index (χ3v) is 3.75. The lowest BCUT2D eigenvalue weighted by atomic mass is 10.1. The summed E-state index contributed by atoms with van der Waals surface area (Å²) in [5.74, 6) is 0.705. The maximum absolute atomic E-state index is 12.6. The molecule has 0 saturated heterocycles. The number of anilines is 1. The summed E-state index contributed by atoms with van der Waals surface area (Å²) >= 11 is 0. The van der Waals surface area contributed by atoms with Crippen LogP contribution in [0.1, 0.15) is 16.1 Å². The molecular formula is C18H20N4O. The molecule has 0 fully saturated rings. The number of hydrogen-bond acceptors (Lipinski definition) is 3. The number of carbonyl (C=O) groups is 1. The molecule has 1 aromatic carbocycles. The molecule has 5 nitrogen and oxygen atoms in total. The SMILES string of the molecule is CN(C)c1cc(C(=O)NCCc2ccc[nH]2)c2ccccc2n1. The van der Waals surface area contributed by atoms with E-state index in [-0.39, 0.29) is 5.91 Å². The molecule has 3 rings (SSSR count). The van der Waals surface area contributed by atoms with Crippen molar-refractivity contribution in [3.05, 3.63) is 59.9 Å². The minimum absolute atomic E-state index is 0.0711. The fourth-order valence-electron chi connectivity index (χ4n) is 2.51. The summed E-state index contributed by atoms with van der Waals surface area (Å²) in [6.45, 7) is 0.591. The predicted octanol–water partition coefficient (Wildman–Crippen LogP) is 2.60. The van der Waals surface area contributed by atoms with Crippen molar-refractivity contribution in [2.24, 2.45) is 0 Å². The number of rotatable bonds is 5. The molecule has 0 unspecified atom stereocenters. The van der Waals surface area contributed by atoms with Crippen molar-refractivity contribution in [1.29, 1.82) is 0 Å². The van der Waals surface area contributed by atoms with E-state index in [1.165, 1.54) is 0 Å². The van der Waals surface area contributed by atoms with Gasteiger partial charge in [-0.1, -0.05) is 18.2 Å². The Morgan fingerprint density at radius 3 is 2.78 bits per heavy atom. The van der Waals surface area contributed by atoms with E-state index in [4.69, 9.17) is 0 Å². The fraction of sp³-hybridized carbons (Fsp3) is 0.222. The van der Waals surface area contributed by atoms with Crippen molar-refractivity contribution in [3.63, 3.8) is 0 Å². The average Bonchev–Trinajstić information content (AvgIpc) is 3.07. The second kappa shape index (κ2) is 6.52. The van der Waals surface area contributed by atoms with Crippen molar-refractivity contribution >= 4 is 22.6 Å². The molecule has 0 aliphatic carbocycles. The fourth-order valence-corrected chi connectivity index (χ4v) is 2.51. The highest BCUT2D eigenvalue weighted by Gasteiger charge is 2.13. The van der Waals surface area contributed by atoms with Crippen molar-refractivity contribution in [1.82, 2.24) is 15.3 Å². The van der Waals surface area contributed by atoms with Crippen LogP contribution in [0.2, 0.25) is 0 Å². The van der Waals surface area contributed by atoms with Gasteiger partial charge in [-0.25, -0.2) is 4.98 Å². The van der Waals surface area contributed by atoms with Gasteiger partial charge in [0.1, 0.15) is 5.82 Å². The Morgan fingerprint density at radius 1 is 1.22 bits per heavy atom. The van der Waals surface area contributed by atoms with Crippen molar-refractivity contribution in [3.8, 4) is 0 Å². The summed E-state index contributed by atoms with van der Waals surface area (Å²) in [5.41, 5.74) is 2.60. The highest BCUT2D eigenvalue weighted by Crippen LogP contribution is 2.22. The molecule has 23 heavy (non-hydrogen) atoms. The van der Waals surface area contributed by atoms with Crippen LogP contribution in [0.25, 0.3) is 10.9 Å². The van der Waals surface area contributed by atoms with Crippen LogP contribution in [-0.2, 0) is 6.42 Å². The summed E-state index contributed by atoms with van der Waals surface area (Å²) in [4.78, 5) is 22.2. The Bertz CT molecular complexity index is 809. The maximum Gasteiger partial charge on any atom is 0.252 e.